The first-order valence-corrected chi connectivity index (χ1v) is 9.20. The van der Waals surface area contributed by atoms with Gasteiger partial charge < -0.3 is 10.1 Å². The fraction of sp³-hybridized carbons (Fsp3) is 0. The van der Waals surface area contributed by atoms with E-state index in [1.54, 1.807) is 65.6 Å². The smallest absolute Gasteiger partial charge is 0.257 e. The molecule has 0 aliphatic carbocycles. The minimum Gasteiger partial charge on any atom is -0.439 e. The first-order chi connectivity index (χ1) is 14.1. The Morgan fingerprint density at radius 2 is 1.86 bits per heavy atom. The zero-order valence-corrected chi connectivity index (χ0v) is 16.3. The Morgan fingerprint density at radius 3 is 2.59 bits per heavy atom. The number of ether oxygens (including phenoxy) is 1. The molecule has 2 heterocycles. The van der Waals surface area contributed by atoms with Crippen LogP contribution in [-0.2, 0) is 0 Å². The lowest BCUT2D eigenvalue weighted by Crippen LogP contribution is -2.12. The normalized spacial score (nSPS) is 10.6. The van der Waals surface area contributed by atoms with Gasteiger partial charge in [0.25, 0.3) is 5.91 Å². The number of halogens is 2. The maximum Gasteiger partial charge on any atom is 0.257 e. The fourth-order valence-electron chi connectivity index (χ4n) is 2.51. The van der Waals surface area contributed by atoms with E-state index in [2.05, 4.69) is 20.4 Å². The summed E-state index contributed by atoms with van der Waals surface area (Å²) >= 11 is 11.9. The van der Waals surface area contributed by atoms with Crippen molar-refractivity contribution >= 4 is 34.8 Å². The molecule has 1 N–H and O–H groups in total. The maximum absolute atomic E-state index is 12.4. The second-order valence-electron chi connectivity index (χ2n) is 5.87. The summed E-state index contributed by atoms with van der Waals surface area (Å²) in [6.07, 6.45) is 4.83. The van der Waals surface area contributed by atoms with Crippen molar-refractivity contribution in [1.29, 1.82) is 0 Å². The molecule has 0 aliphatic rings. The van der Waals surface area contributed by atoms with Gasteiger partial charge in [-0.2, -0.15) is 5.10 Å². The number of anilines is 1. The van der Waals surface area contributed by atoms with Crippen molar-refractivity contribution in [2.45, 2.75) is 0 Å². The molecule has 0 fully saturated rings. The molecule has 0 saturated heterocycles. The SMILES string of the molecule is O=C(Nc1ccc(Oc2cc(-n3cccn3)ncn2)cc1)c1ccc(Cl)cc1Cl. The molecule has 0 radical (unpaired) electrons. The van der Waals surface area contributed by atoms with E-state index in [0.29, 0.717) is 33.7 Å². The van der Waals surface area contributed by atoms with Crippen LogP contribution in [0, 0.1) is 0 Å². The highest BCUT2D eigenvalue weighted by molar-refractivity contribution is 6.37. The highest BCUT2D eigenvalue weighted by Gasteiger charge is 2.11. The van der Waals surface area contributed by atoms with Crippen LogP contribution in [0.2, 0.25) is 10.0 Å². The highest BCUT2D eigenvalue weighted by Crippen LogP contribution is 2.24. The Labute approximate surface area is 175 Å². The van der Waals surface area contributed by atoms with Crippen molar-refractivity contribution in [3.05, 3.63) is 88.9 Å². The van der Waals surface area contributed by atoms with Crippen LogP contribution in [0.4, 0.5) is 5.69 Å². The number of amides is 1. The first-order valence-electron chi connectivity index (χ1n) is 8.45. The van der Waals surface area contributed by atoms with Crippen LogP contribution in [0.15, 0.2) is 73.3 Å². The van der Waals surface area contributed by atoms with E-state index >= 15 is 0 Å². The van der Waals surface area contributed by atoms with Crippen molar-refractivity contribution in [2.24, 2.45) is 0 Å². The molecule has 0 atom stereocenters. The monoisotopic (exact) mass is 425 g/mol. The molecule has 9 heteroatoms. The standard InChI is InChI=1S/C20H13Cl2N5O2/c21-13-2-7-16(17(22)10-13)20(28)26-14-3-5-15(6-4-14)29-19-11-18(23-12-24-19)27-9-1-8-25-27/h1-12H,(H,26,28). The van der Waals surface area contributed by atoms with E-state index in [9.17, 15) is 4.79 Å². The van der Waals surface area contributed by atoms with E-state index in [0.717, 1.165) is 0 Å². The van der Waals surface area contributed by atoms with Crippen molar-refractivity contribution in [3.8, 4) is 17.4 Å². The Kier molecular flexibility index (Phi) is 5.41. The van der Waals surface area contributed by atoms with E-state index < -0.39 is 0 Å². The average Bonchev–Trinajstić information content (AvgIpc) is 3.24. The van der Waals surface area contributed by atoms with Gasteiger partial charge in [-0.15, -0.1) is 0 Å². The molecule has 29 heavy (non-hydrogen) atoms. The van der Waals surface area contributed by atoms with Crippen molar-refractivity contribution in [2.75, 3.05) is 5.32 Å². The molecule has 4 rings (SSSR count). The zero-order valence-electron chi connectivity index (χ0n) is 14.8. The molecule has 0 bridgehead atoms. The number of nitrogens with one attached hydrogen (secondary N) is 1. The number of aromatic nitrogens is 4. The van der Waals surface area contributed by atoms with Gasteiger partial charge in [0.05, 0.1) is 10.6 Å². The number of carbonyl (C=O) groups is 1. The second kappa shape index (κ2) is 8.30. The molecular weight excluding hydrogens is 413 g/mol. The summed E-state index contributed by atoms with van der Waals surface area (Å²) in [5, 5.41) is 7.65. The first kappa shape index (κ1) is 18.9. The Balaban J connectivity index is 1.44. The lowest BCUT2D eigenvalue weighted by atomic mass is 10.2. The Bertz CT molecular complexity index is 1150. The maximum atomic E-state index is 12.4. The molecule has 0 saturated carbocycles. The number of rotatable bonds is 5. The summed E-state index contributed by atoms with van der Waals surface area (Å²) in [6, 6.07) is 15.0. The molecule has 2 aromatic heterocycles. The van der Waals surface area contributed by atoms with Gasteiger partial charge in [0.15, 0.2) is 5.82 Å². The van der Waals surface area contributed by atoms with Crippen LogP contribution >= 0.6 is 23.2 Å². The summed E-state index contributed by atoms with van der Waals surface area (Å²) in [5.74, 6) is 1.18. The molecule has 0 unspecified atom stereocenters. The van der Waals surface area contributed by atoms with Crippen LogP contribution in [0.5, 0.6) is 11.6 Å². The molecule has 0 spiro atoms. The van der Waals surface area contributed by atoms with Gasteiger partial charge in [0.1, 0.15) is 12.1 Å². The summed E-state index contributed by atoms with van der Waals surface area (Å²) in [5.41, 5.74) is 0.928. The predicted octanol–water partition coefficient (Wildman–Crippen LogP) is 5.01. The molecule has 144 valence electrons. The van der Waals surface area contributed by atoms with Crippen LogP contribution in [0.1, 0.15) is 10.4 Å². The third-order valence-corrected chi connectivity index (χ3v) is 4.42. The van der Waals surface area contributed by atoms with Crippen LogP contribution < -0.4 is 10.1 Å². The van der Waals surface area contributed by atoms with Gasteiger partial charge >= 0.3 is 0 Å². The second-order valence-corrected chi connectivity index (χ2v) is 6.71. The topological polar surface area (TPSA) is 81.9 Å². The van der Waals surface area contributed by atoms with E-state index in [1.807, 2.05) is 0 Å². The molecule has 1 amide bonds. The van der Waals surface area contributed by atoms with Gasteiger partial charge in [0.2, 0.25) is 5.88 Å². The summed E-state index contributed by atoms with van der Waals surface area (Å²) < 4.78 is 7.36. The largest absolute Gasteiger partial charge is 0.439 e. The highest BCUT2D eigenvalue weighted by atomic mass is 35.5. The Hall–Kier alpha value is -3.42. The van der Waals surface area contributed by atoms with Crippen molar-refractivity contribution in [1.82, 2.24) is 19.7 Å². The van der Waals surface area contributed by atoms with Gasteiger partial charge in [-0.1, -0.05) is 23.2 Å². The van der Waals surface area contributed by atoms with Gasteiger partial charge in [0, 0.05) is 29.2 Å². The number of nitrogens with zero attached hydrogens (tertiary/aromatic N) is 4. The van der Waals surface area contributed by atoms with E-state index in [4.69, 9.17) is 27.9 Å². The van der Waals surface area contributed by atoms with Gasteiger partial charge in [-0.25, -0.2) is 14.6 Å². The summed E-state index contributed by atoms with van der Waals surface area (Å²) in [4.78, 5) is 20.6. The molecule has 7 nitrogen and oxygen atoms in total. The van der Waals surface area contributed by atoms with Crippen molar-refractivity contribution in [3.63, 3.8) is 0 Å². The quantitative estimate of drug-likeness (QED) is 0.485. The third kappa shape index (κ3) is 4.53. The molecular formula is C20H13Cl2N5O2. The third-order valence-electron chi connectivity index (χ3n) is 3.88. The number of hydrogen-bond donors (Lipinski definition) is 1. The minimum absolute atomic E-state index is 0.284. The Morgan fingerprint density at radius 1 is 1.03 bits per heavy atom. The fourth-order valence-corrected chi connectivity index (χ4v) is 3.01. The predicted molar refractivity (Wildman–Crippen MR) is 110 cm³/mol. The lowest BCUT2D eigenvalue weighted by Gasteiger charge is -2.09. The van der Waals surface area contributed by atoms with Crippen molar-refractivity contribution < 1.29 is 9.53 Å². The minimum atomic E-state index is -0.333. The van der Waals surface area contributed by atoms with Crippen LogP contribution in [0.25, 0.3) is 5.82 Å². The average molecular weight is 426 g/mol. The molecule has 2 aromatic carbocycles. The van der Waals surface area contributed by atoms with Gasteiger partial charge in [-0.05, 0) is 48.5 Å². The number of hydrogen-bond acceptors (Lipinski definition) is 5. The zero-order chi connectivity index (χ0) is 20.2. The summed E-state index contributed by atoms with van der Waals surface area (Å²) in [7, 11) is 0. The molecule has 0 aliphatic heterocycles. The number of carbonyl (C=O) groups excluding carboxylic acids is 1. The lowest BCUT2D eigenvalue weighted by molar-refractivity contribution is 0.102. The van der Waals surface area contributed by atoms with E-state index in [1.165, 1.54) is 12.4 Å². The van der Waals surface area contributed by atoms with Crippen LogP contribution in [0.3, 0.4) is 0 Å². The molecule has 4 aromatic rings. The number of benzene rings is 2. The van der Waals surface area contributed by atoms with Crippen LogP contribution in [-0.4, -0.2) is 25.7 Å². The van der Waals surface area contributed by atoms with E-state index in [-0.39, 0.29) is 10.9 Å². The summed E-state index contributed by atoms with van der Waals surface area (Å²) in [6.45, 7) is 0. The van der Waals surface area contributed by atoms with Gasteiger partial charge in [-0.3, -0.25) is 4.79 Å².